The van der Waals surface area contributed by atoms with E-state index in [0.29, 0.717) is 15.8 Å². The van der Waals surface area contributed by atoms with Crippen LogP contribution < -0.4 is 10.5 Å². The molecule has 4 nitrogen and oxygen atoms in total. The Labute approximate surface area is 141 Å². The monoisotopic (exact) mass is 432 g/mol. The molecule has 0 aliphatic heterocycles. The number of nitrogens with two attached hydrogens (primary N) is 1. The lowest BCUT2D eigenvalue weighted by atomic mass is 10.1. The summed E-state index contributed by atoms with van der Waals surface area (Å²) < 4.78 is 29.1. The molecule has 2 aromatic carbocycles. The molecule has 0 aliphatic carbocycles. The minimum Gasteiger partial charge on any atom is -0.399 e. The second-order valence-corrected chi connectivity index (χ2v) is 8.13. The van der Waals surface area contributed by atoms with Crippen LogP contribution in [0.3, 0.4) is 0 Å². The number of halogens is 2. The molecular weight excluding hydrogens is 420 g/mol. The minimum absolute atomic E-state index is 0.115. The van der Waals surface area contributed by atoms with Gasteiger partial charge in [0.15, 0.2) is 0 Å². The molecule has 0 saturated carbocycles. The summed E-state index contributed by atoms with van der Waals surface area (Å²) in [4.78, 5) is 0.115. The first-order valence-corrected chi connectivity index (χ1v) is 9.12. The van der Waals surface area contributed by atoms with E-state index in [1.807, 2.05) is 26.0 Å². The highest BCUT2D eigenvalue weighted by molar-refractivity contribution is 9.10. The van der Waals surface area contributed by atoms with Crippen LogP contribution in [-0.2, 0) is 10.0 Å². The average molecular weight is 434 g/mol. The number of anilines is 2. The van der Waals surface area contributed by atoms with E-state index in [2.05, 4.69) is 36.6 Å². The van der Waals surface area contributed by atoms with E-state index >= 15 is 0 Å². The zero-order valence-electron chi connectivity index (χ0n) is 11.4. The van der Waals surface area contributed by atoms with Crippen molar-refractivity contribution in [3.63, 3.8) is 0 Å². The molecule has 0 saturated heterocycles. The third-order valence-corrected chi connectivity index (χ3v) is 5.78. The molecule has 0 unspecified atom stereocenters. The first-order chi connectivity index (χ1) is 9.70. The van der Waals surface area contributed by atoms with Crippen LogP contribution in [-0.4, -0.2) is 8.42 Å². The molecule has 0 fully saturated rings. The van der Waals surface area contributed by atoms with Crippen LogP contribution in [0.2, 0.25) is 0 Å². The average Bonchev–Trinajstić information content (AvgIpc) is 2.36. The van der Waals surface area contributed by atoms with Crippen LogP contribution >= 0.6 is 31.9 Å². The molecule has 0 aliphatic rings. The summed E-state index contributed by atoms with van der Waals surface area (Å²) in [6.07, 6.45) is 0. The van der Waals surface area contributed by atoms with E-state index in [0.717, 1.165) is 15.6 Å². The Morgan fingerprint density at radius 2 is 1.62 bits per heavy atom. The second-order valence-electron chi connectivity index (χ2n) is 4.71. The number of rotatable bonds is 3. The molecule has 0 spiro atoms. The Morgan fingerprint density at radius 1 is 1.05 bits per heavy atom. The molecule has 0 heterocycles. The summed E-state index contributed by atoms with van der Waals surface area (Å²) in [6, 6.07) is 8.40. The van der Waals surface area contributed by atoms with Gasteiger partial charge in [-0.05, 0) is 71.2 Å². The highest BCUT2D eigenvalue weighted by Crippen LogP contribution is 2.30. The molecule has 0 amide bonds. The van der Waals surface area contributed by atoms with E-state index in [9.17, 15) is 8.42 Å². The quantitative estimate of drug-likeness (QED) is 0.712. The summed E-state index contributed by atoms with van der Waals surface area (Å²) in [5.41, 5.74) is 8.32. The first-order valence-electron chi connectivity index (χ1n) is 6.05. The van der Waals surface area contributed by atoms with Gasteiger partial charge in [0.25, 0.3) is 10.0 Å². The number of sulfonamides is 1. The predicted molar refractivity (Wildman–Crippen MR) is 93.0 cm³/mol. The second kappa shape index (κ2) is 5.98. The molecule has 0 bridgehead atoms. The number of hydrogen-bond acceptors (Lipinski definition) is 3. The zero-order valence-corrected chi connectivity index (χ0v) is 15.4. The van der Waals surface area contributed by atoms with Gasteiger partial charge in [0.1, 0.15) is 4.90 Å². The lowest BCUT2D eigenvalue weighted by Gasteiger charge is -2.15. The van der Waals surface area contributed by atoms with Crippen LogP contribution in [0.25, 0.3) is 0 Å². The number of benzene rings is 2. The van der Waals surface area contributed by atoms with Crippen LogP contribution in [0.1, 0.15) is 11.1 Å². The number of nitrogens with one attached hydrogen (secondary N) is 1. The van der Waals surface area contributed by atoms with Crippen molar-refractivity contribution in [1.82, 2.24) is 0 Å². The maximum absolute atomic E-state index is 12.6. The molecule has 112 valence electrons. The standard InChI is InChI=1S/C14H14Br2N2O2S/c1-8-5-10(15)6-9(2)14(8)18-21(19,20)13-7-11(17)3-4-12(13)16/h3-7,18H,17H2,1-2H3. The van der Waals surface area contributed by atoms with Crippen molar-refractivity contribution < 1.29 is 8.42 Å². The molecular formula is C14H14Br2N2O2S. The topological polar surface area (TPSA) is 72.2 Å². The van der Waals surface area contributed by atoms with Crippen molar-refractivity contribution >= 4 is 53.3 Å². The smallest absolute Gasteiger partial charge is 0.263 e. The molecule has 2 rings (SSSR count). The number of nitrogen functional groups attached to an aromatic ring is 1. The van der Waals surface area contributed by atoms with Crippen molar-refractivity contribution in [3.8, 4) is 0 Å². The molecule has 0 atom stereocenters. The van der Waals surface area contributed by atoms with Gasteiger partial charge in [-0.1, -0.05) is 15.9 Å². The van der Waals surface area contributed by atoms with Gasteiger partial charge in [-0.3, -0.25) is 4.72 Å². The van der Waals surface area contributed by atoms with Gasteiger partial charge in [-0.2, -0.15) is 0 Å². The van der Waals surface area contributed by atoms with Crippen LogP contribution in [0.15, 0.2) is 44.2 Å². The predicted octanol–water partition coefficient (Wildman–Crippen LogP) is 4.21. The van der Waals surface area contributed by atoms with Gasteiger partial charge in [-0.25, -0.2) is 8.42 Å². The maximum Gasteiger partial charge on any atom is 0.263 e. The number of aryl methyl sites for hydroxylation is 2. The van der Waals surface area contributed by atoms with Crippen molar-refractivity contribution in [2.75, 3.05) is 10.5 Å². The molecule has 0 radical (unpaired) electrons. The fourth-order valence-electron chi connectivity index (χ4n) is 1.99. The lowest BCUT2D eigenvalue weighted by Crippen LogP contribution is -2.15. The van der Waals surface area contributed by atoms with E-state index in [4.69, 9.17) is 5.73 Å². The third kappa shape index (κ3) is 3.59. The van der Waals surface area contributed by atoms with E-state index in [1.165, 1.54) is 6.07 Å². The molecule has 7 heteroatoms. The Bertz CT molecular complexity index is 782. The van der Waals surface area contributed by atoms with Crippen molar-refractivity contribution in [3.05, 3.63) is 50.4 Å². The lowest BCUT2D eigenvalue weighted by molar-refractivity contribution is 0.600. The van der Waals surface area contributed by atoms with Gasteiger partial charge in [0.05, 0.1) is 5.69 Å². The van der Waals surface area contributed by atoms with Crippen LogP contribution in [0.4, 0.5) is 11.4 Å². The van der Waals surface area contributed by atoms with Crippen LogP contribution in [0.5, 0.6) is 0 Å². The Morgan fingerprint density at radius 3 is 2.19 bits per heavy atom. The summed E-state index contributed by atoms with van der Waals surface area (Å²) in [6.45, 7) is 3.70. The summed E-state index contributed by atoms with van der Waals surface area (Å²) in [7, 11) is -3.72. The molecule has 3 N–H and O–H groups in total. The van der Waals surface area contributed by atoms with Crippen molar-refractivity contribution in [2.45, 2.75) is 18.7 Å². The van der Waals surface area contributed by atoms with Gasteiger partial charge in [0.2, 0.25) is 0 Å². The fourth-order valence-corrected chi connectivity index (χ4v) is 4.88. The van der Waals surface area contributed by atoms with Crippen molar-refractivity contribution in [2.24, 2.45) is 0 Å². The number of hydrogen-bond donors (Lipinski definition) is 2. The van der Waals surface area contributed by atoms with Gasteiger partial charge in [-0.15, -0.1) is 0 Å². The zero-order chi connectivity index (χ0) is 15.8. The summed E-state index contributed by atoms with van der Waals surface area (Å²) in [5, 5.41) is 0. The third-order valence-electron chi connectivity index (χ3n) is 2.98. The van der Waals surface area contributed by atoms with E-state index in [-0.39, 0.29) is 4.90 Å². The van der Waals surface area contributed by atoms with Gasteiger partial charge < -0.3 is 5.73 Å². The Hall–Kier alpha value is -1.05. The maximum atomic E-state index is 12.6. The highest BCUT2D eigenvalue weighted by Gasteiger charge is 2.20. The normalized spacial score (nSPS) is 11.4. The molecule has 0 aromatic heterocycles. The Kier molecular flexibility index (Phi) is 4.65. The van der Waals surface area contributed by atoms with E-state index in [1.54, 1.807) is 12.1 Å². The van der Waals surface area contributed by atoms with E-state index < -0.39 is 10.0 Å². The molecule has 2 aromatic rings. The van der Waals surface area contributed by atoms with Crippen molar-refractivity contribution in [1.29, 1.82) is 0 Å². The highest BCUT2D eigenvalue weighted by atomic mass is 79.9. The fraction of sp³-hybridized carbons (Fsp3) is 0.143. The first kappa shape index (κ1) is 16.3. The summed E-state index contributed by atoms with van der Waals surface area (Å²) in [5.74, 6) is 0. The minimum atomic E-state index is -3.72. The van der Waals surface area contributed by atoms with Gasteiger partial charge >= 0.3 is 0 Å². The largest absolute Gasteiger partial charge is 0.399 e. The summed E-state index contributed by atoms with van der Waals surface area (Å²) >= 11 is 6.64. The van der Waals surface area contributed by atoms with Crippen LogP contribution in [0, 0.1) is 13.8 Å². The Balaban J connectivity index is 2.50. The van der Waals surface area contributed by atoms with Gasteiger partial charge in [0, 0.05) is 14.6 Å². The SMILES string of the molecule is Cc1cc(Br)cc(C)c1NS(=O)(=O)c1cc(N)ccc1Br. The molecule has 21 heavy (non-hydrogen) atoms.